The Kier molecular flexibility index (Phi) is 4.32. The Morgan fingerprint density at radius 2 is 1.85 bits per heavy atom. The molecule has 0 amide bonds. The maximum absolute atomic E-state index is 12.3. The number of hydrogen-bond acceptors (Lipinski definition) is 3. The molecule has 2 fully saturated rings. The molecule has 0 aromatic heterocycles. The second-order valence-electron chi connectivity index (χ2n) is 5.59. The first-order valence-corrected chi connectivity index (χ1v) is 7.84. The van der Waals surface area contributed by atoms with Gasteiger partial charge in [0.25, 0.3) is 0 Å². The molecular formula is C15H18Cl2N2O. The summed E-state index contributed by atoms with van der Waals surface area (Å²) in [5.74, 6) is 0.0531. The molecule has 20 heavy (non-hydrogen) atoms. The van der Waals surface area contributed by atoms with E-state index in [2.05, 4.69) is 9.80 Å². The van der Waals surface area contributed by atoms with E-state index in [-0.39, 0.29) is 5.78 Å². The monoisotopic (exact) mass is 312 g/mol. The molecular weight excluding hydrogens is 295 g/mol. The number of Topliss-reactive ketones (excluding diaryl/α,β-unsaturated/α-hetero) is 1. The van der Waals surface area contributed by atoms with E-state index in [1.54, 1.807) is 18.2 Å². The van der Waals surface area contributed by atoms with Gasteiger partial charge in [-0.05, 0) is 31.0 Å². The van der Waals surface area contributed by atoms with E-state index < -0.39 is 0 Å². The van der Waals surface area contributed by atoms with Gasteiger partial charge < -0.3 is 0 Å². The van der Waals surface area contributed by atoms with Crippen molar-refractivity contribution in [2.45, 2.75) is 18.9 Å². The minimum Gasteiger partial charge on any atom is -0.298 e. The lowest BCUT2D eigenvalue weighted by Gasteiger charge is -2.34. The molecule has 3 rings (SSSR count). The topological polar surface area (TPSA) is 23.6 Å². The van der Waals surface area contributed by atoms with Gasteiger partial charge in [0.1, 0.15) is 0 Å². The third-order valence-corrected chi connectivity index (χ3v) is 4.63. The molecule has 0 unspecified atom stereocenters. The number of ketones is 1. The second kappa shape index (κ2) is 6.02. The Bertz CT molecular complexity index is 509. The highest BCUT2D eigenvalue weighted by atomic mass is 35.5. The highest BCUT2D eigenvalue weighted by Crippen LogP contribution is 2.27. The zero-order chi connectivity index (χ0) is 14.1. The number of nitrogens with zero attached hydrogens (tertiary/aromatic N) is 2. The van der Waals surface area contributed by atoms with E-state index in [9.17, 15) is 4.79 Å². The van der Waals surface area contributed by atoms with E-state index in [4.69, 9.17) is 23.2 Å². The normalized spacial score (nSPS) is 21.1. The van der Waals surface area contributed by atoms with Gasteiger partial charge >= 0.3 is 0 Å². The Hall–Kier alpha value is -0.610. The number of piperazine rings is 1. The highest BCUT2D eigenvalue weighted by molar-refractivity contribution is 6.36. The van der Waals surface area contributed by atoms with Gasteiger partial charge in [0.15, 0.2) is 5.78 Å². The molecule has 1 aliphatic carbocycles. The minimum atomic E-state index is 0.0531. The number of carbonyl (C=O) groups is 1. The Morgan fingerprint density at radius 1 is 1.15 bits per heavy atom. The smallest absolute Gasteiger partial charge is 0.178 e. The molecule has 0 spiro atoms. The predicted octanol–water partition coefficient (Wildman–Crippen LogP) is 2.96. The fourth-order valence-electron chi connectivity index (χ4n) is 2.73. The first-order valence-electron chi connectivity index (χ1n) is 7.08. The van der Waals surface area contributed by atoms with Gasteiger partial charge in [-0.2, -0.15) is 0 Å². The molecule has 0 radical (unpaired) electrons. The van der Waals surface area contributed by atoms with Gasteiger partial charge in [-0.3, -0.25) is 14.6 Å². The highest BCUT2D eigenvalue weighted by Gasteiger charge is 2.31. The van der Waals surface area contributed by atoms with Crippen LogP contribution < -0.4 is 0 Å². The molecule has 108 valence electrons. The number of carbonyl (C=O) groups excluding carboxylic acids is 1. The number of halogens is 2. The maximum Gasteiger partial charge on any atom is 0.178 e. The van der Waals surface area contributed by atoms with Crippen LogP contribution in [0.1, 0.15) is 23.2 Å². The molecule has 1 aromatic rings. The molecule has 2 aliphatic rings. The second-order valence-corrected chi connectivity index (χ2v) is 6.43. The molecule has 1 aromatic carbocycles. The van der Waals surface area contributed by atoms with Crippen LogP contribution in [-0.4, -0.2) is 54.3 Å². The van der Waals surface area contributed by atoms with Crippen LogP contribution in [0.15, 0.2) is 18.2 Å². The largest absolute Gasteiger partial charge is 0.298 e. The third-order valence-electron chi connectivity index (χ3n) is 4.07. The van der Waals surface area contributed by atoms with Crippen molar-refractivity contribution in [2.75, 3.05) is 32.7 Å². The van der Waals surface area contributed by atoms with Gasteiger partial charge in [0.05, 0.1) is 11.6 Å². The maximum atomic E-state index is 12.3. The molecule has 1 saturated carbocycles. The first-order chi connectivity index (χ1) is 9.63. The molecule has 0 atom stereocenters. The fraction of sp³-hybridized carbons (Fsp3) is 0.533. The van der Waals surface area contributed by atoms with E-state index in [1.165, 1.54) is 12.8 Å². The summed E-state index contributed by atoms with van der Waals surface area (Å²) in [6.07, 6.45) is 2.69. The van der Waals surface area contributed by atoms with Crippen molar-refractivity contribution in [1.82, 2.24) is 9.80 Å². The predicted molar refractivity (Wildman–Crippen MR) is 81.8 cm³/mol. The molecule has 1 aliphatic heterocycles. The summed E-state index contributed by atoms with van der Waals surface area (Å²) in [7, 11) is 0. The van der Waals surface area contributed by atoms with Crippen molar-refractivity contribution in [3.8, 4) is 0 Å². The Balaban J connectivity index is 1.57. The zero-order valence-corrected chi connectivity index (χ0v) is 12.8. The van der Waals surface area contributed by atoms with Gasteiger partial charge in [0, 0.05) is 42.8 Å². The SMILES string of the molecule is O=C(CN1CCN(C2CC2)CC1)c1cc(Cl)ccc1Cl. The molecule has 1 heterocycles. The summed E-state index contributed by atoms with van der Waals surface area (Å²) in [5.41, 5.74) is 0.531. The van der Waals surface area contributed by atoms with Crippen molar-refractivity contribution >= 4 is 29.0 Å². The van der Waals surface area contributed by atoms with Gasteiger partial charge in [-0.1, -0.05) is 23.2 Å². The molecule has 1 saturated heterocycles. The third kappa shape index (κ3) is 3.34. The lowest BCUT2D eigenvalue weighted by atomic mass is 10.1. The van der Waals surface area contributed by atoms with Gasteiger partial charge in [0.2, 0.25) is 0 Å². The van der Waals surface area contributed by atoms with Crippen molar-refractivity contribution in [3.05, 3.63) is 33.8 Å². The molecule has 0 bridgehead atoms. The van der Waals surface area contributed by atoms with E-state index >= 15 is 0 Å². The first kappa shape index (κ1) is 14.3. The number of rotatable bonds is 4. The van der Waals surface area contributed by atoms with Crippen LogP contribution >= 0.6 is 23.2 Å². The summed E-state index contributed by atoms with van der Waals surface area (Å²) in [5, 5.41) is 1.03. The van der Waals surface area contributed by atoms with Crippen LogP contribution in [0.5, 0.6) is 0 Å². The Labute approximate surface area is 129 Å². The van der Waals surface area contributed by atoms with Crippen LogP contribution in [0.4, 0.5) is 0 Å². The number of hydrogen-bond donors (Lipinski definition) is 0. The van der Waals surface area contributed by atoms with Crippen molar-refractivity contribution < 1.29 is 4.79 Å². The van der Waals surface area contributed by atoms with E-state index in [0.717, 1.165) is 32.2 Å². The quantitative estimate of drug-likeness (QED) is 0.799. The minimum absolute atomic E-state index is 0.0531. The van der Waals surface area contributed by atoms with Crippen LogP contribution in [0, 0.1) is 0 Å². The lowest BCUT2D eigenvalue weighted by Crippen LogP contribution is -2.48. The summed E-state index contributed by atoms with van der Waals surface area (Å²) >= 11 is 12.0. The van der Waals surface area contributed by atoms with E-state index in [1.807, 2.05) is 0 Å². The average molecular weight is 313 g/mol. The Morgan fingerprint density at radius 3 is 2.50 bits per heavy atom. The van der Waals surface area contributed by atoms with Crippen molar-refractivity contribution in [3.63, 3.8) is 0 Å². The van der Waals surface area contributed by atoms with Crippen LogP contribution in [0.2, 0.25) is 10.0 Å². The fourth-order valence-corrected chi connectivity index (χ4v) is 3.12. The molecule has 3 nitrogen and oxygen atoms in total. The lowest BCUT2D eigenvalue weighted by molar-refractivity contribution is 0.0844. The van der Waals surface area contributed by atoms with Crippen molar-refractivity contribution in [1.29, 1.82) is 0 Å². The summed E-state index contributed by atoms with van der Waals surface area (Å²) in [6, 6.07) is 5.86. The summed E-state index contributed by atoms with van der Waals surface area (Å²) in [4.78, 5) is 17.1. The molecule has 0 N–H and O–H groups in total. The van der Waals surface area contributed by atoms with Gasteiger partial charge in [-0.15, -0.1) is 0 Å². The zero-order valence-electron chi connectivity index (χ0n) is 11.3. The standard InChI is InChI=1S/C15H18Cl2N2O/c16-11-1-4-14(17)13(9-11)15(20)10-18-5-7-19(8-6-18)12-2-3-12/h1,4,9,12H,2-3,5-8,10H2. The number of benzene rings is 1. The van der Waals surface area contributed by atoms with Crippen molar-refractivity contribution in [2.24, 2.45) is 0 Å². The van der Waals surface area contributed by atoms with Crippen LogP contribution in [-0.2, 0) is 0 Å². The summed E-state index contributed by atoms with van der Waals surface area (Å²) in [6.45, 7) is 4.49. The van der Waals surface area contributed by atoms with Crippen LogP contribution in [0.25, 0.3) is 0 Å². The van der Waals surface area contributed by atoms with E-state index in [0.29, 0.717) is 22.2 Å². The average Bonchev–Trinajstić information content (AvgIpc) is 3.27. The summed E-state index contributed by atoms with van der Waals surface area (Å²) < 4.78 is 0. The van der Waals surface area contributed by atoms with Crippen LogP contribution in [0.3, 0.4) is 0 Å². The molecule has 5 heteroatoms. The van der Waals surface area contributed by atoms with Gasteiger partial charge in [-0.25, -0.2) is 0 Å².